The van der Waals surface area contributed by atoms with E-state index < -0.39 is 0 Å². The van der Waals surface area contributed by atoms with Crippen molar-refractivity contribution in [3.05, 3.63) is 47.5 Å². The fourth-order valence-corrected chi connectivity index (χ4v) is 3.02. The van der Waals surface area contributed by atoms with Gasteiger partial charge in [0, 0.05) is 32.9 Å². The highest BCUT2D eigenvalue weighted by molar-refractivity contribution is 5.79. The highest BCUT2D eigenvalue weighted by atomic mass is 16.5. The standard InChI is InChI=1S/C23H34N4O3/c1-7-24-23(25-13-12-17-8-10-19(11-9-17)27(2)3)26-16-18-14-20(28-4)22(30-6)21(15-18)29-5/h8-11,14-15H,7,12-13,16H2,1-6H3,(H2,24,25,26). The van der Waals surface area contributed by atoms with Crippen molar-refractivity contribution in [3.63, 3.8) is 0 Å². The minimum atomic E-state index is 0.490. The lowest BCUT2D eigenvalue weighted by molar-refractivity contribution is 0.324. The molecule has 7 heteroatoms. The number of ether oxygens (including phenoxy) is 3. The molecule has 0 saturated carbocycles. The third kappa shape index (κ3) is 6.47. The van der Waals surface area contributed by atoms with Gasteiger partial charge in [0.05, 0.1) is 27.9 Å². The number of benzene rings is 2. The first-order valence-corrected chi connectivity index (χ1v) is 10.1. The molecule has 0 aliphatic carbocycles. The number of rotatable bonds is 10. The van der Waals surface area contributed by atoms with Crippen molar-refractivity contribution in [1.29, 1.82) is 0 Å². The number of nitrogens with zero attached hydrogens (tertiary/aromatic N) is 2. The summed E-state index contributed by atoms with van der Waals surface area (Å²) in [5, 5.41) is 6.69. The summed E-state index contributed by atoms with van der Waals surface area (Å²) in [7, 11) is 8.91. The molecule has 0 bridgehead atoms. The maximum Gasteiger partial charge on any atom is 0.203 e. The normalized spacial score (nSPS) is 11.1. The molecule has 2 aromatic rings. The van der Waals surface area contributed by atoms with Gasteiger partial charge in [-0.2, -0.15) is 0 Å². The number of aliphatic imine (C=N–C) groups is 1. The largest absolute Gasteiger partial charge is 0.493 e. The first-order chi connectivity index (χ1) is 14.5. The van der Waals surface area contributed by atoms with E-state index in [4.69, 9.17) is 19.2 Å². The molecule has 0 saturated heterocycles. The lowest BCUT2D eigenvalue weighted by Crippen LogP contribution is -2.38. The lowest BCUT2D eigenvalue weighted by Gasteiger charge is -2.15. The van der Waals surface area contributed by atoms with E-state index in [1.54, 1.807) is 21.3 Å². The maximum atomic E-state index is 5.42. The molecule has 7 nitrogen and oxygen atoms in total. The summed E-state index contributed by atoms with van der Waals surface area (Å²) in [6, 6.07) is 12.4. The summed E-state index contributed by atoms with van der Waals surface area (Å²) in [5.41, 5.74) is 3.46. The smallest absolute Gasteiger partial charge is 0.203 e. The summed E-state index contributed by atoms with van der Waals surface area (Å²) in [6.45, 7) is 4.13. The van der Waals surface area contributed by atoms with Crippen LogP contribution in [0, 0.1) is 0 Å². The van der Waals surface area contributed by atoms with Gasteiger partial charge < -0.3 is 29.7 Å². The van der Waals surface area contributed by atoms with Crippen molar-refractivity contribution < 1.29 is 14.2 Å². The number of guanidine groups is 1. The van der Waals surface area contributed by atoms with E-state index in [9.17, 15) is 0 Å². The Kier molecular flexibility index (Phi) is 9.12. The molecule has 0 amide bonds. The Balaban J connectivity index is 2.01. The number of hydrogen-bond acceptors (Lipinski definition) is 5. The zero-order valence-electron chi connectivity index (χ0n) is 18.9. The van der Waals surface area contributed by atoms with Crippen LogP contribution in [0.2, 0.25) is 0 Å². The molecular formula is C23H34N4O3. The highest BCUT2D eigenvalue weighted by Gasteiger charge is 2.13. The Morgan fingerprint density at radius 1 is 0.900 bits per heavy atom. The van der Waals surface area contributed by atoms with Gasteiger partial charge >= 0.3 is 0 Å². The molecule has 0 aliphatic heterocycles. The fraction of sp³-hybridized carbons (Fsp3) is 0.435. The van der Waals surface area contributed by atoms with Crippen LogP contribution >= 0.6 is 0 Å². The first-order valence-electron chi connectivity index (χ1n) is 10.1. The minimum Gasteiger partial charge on any atom is -0.493 e. The van der Waals surface area contributed by atoms with Gasteiger partial charge in [-0.25, -0.2) is 4.99 Å². The van der Waals surface area contributed by atoms with Crippen molar-refractivity contribution in [1.82, 2.24) is 10.6 Å². The van der Waals surface area contributed by atoms with Gasteiger partial charge in [0.2, 0.25) is 5.75 Å². The van der Waals surface area contributed by atoms with Crippen LogP contribution < -0.4 is 29.7 Å². The van der Waals surface area contributed by atoms with Gasteiger partial charge in [-0.1, -0.05) is 12.1 Å². The first kappa shape index (κ1) is 23.2. The summed E-state index contributed by atoms with van der Waals surface area (Å²) in [6.07, 6.45) is 0.919. The quantitative estimate of drug-likeness (QED) is 0.460. The van der Waals surface area contributed by atoms with E-state index in [0.717, 1.165) is 31.0 Å². The lowest BCUT2D eigenvalue weighted by atomic mass is 10.1. The number of nitrogens with one attached hydrogen (secondary N) is 2. The molecule has 0 aliphatic rings. The zero-order valence-corrected chi connectivity index (χ0v) is 18.9. The highest BCUT2D eigenvalue weighted by Crippen LogP contribution is 2.38. The number of anilines is 1. The van der Waals surface area contributed by atoms with Crippen LogP contribution in [0.3, 0.4) is 0 Å². The Morgan fingerprint density at radius 2 is 1.53 bits per heavy atom. The molecule has 0 heterocycles. The topological polar surface area (TPSA) is 67.4 Å². The van der Waals surface area contributed by atoms with E-state index in [2.05, 4.69) is 46.7 Å². The van der Waals surface area contributed by atoms with Crippen molar-refractivity contribution in [2.45, 2.75) is 19.9 Å². The second-order valence-corrected chi connectivity index (χ2v) is 6.97. The summed E-state index contributed by atoms with van der Waals surface area (Å²) >= 11 is 0. The van der Waals surface area contributed by atoms with Crippen LogP contribution in [0.1, 0.15) is 18.1 Å². The molecule has 0 fully saturated rings. The minimum absolute atomic E-state index is 0.490. The van der Waals surface area contributed by atoms with Gasteiger partial charge in [-0.3, -0.25) is 0 Å². The van der Waals surface area contributed by atoms with Gasteiger partial charge in [0.1, 0.15) is 0 Å². The predicted molar refractivity (Wildman–Crippen MR) is 123 cm³/mol. The zero-order chi connectivity index (χ0) is 21.9. The van der Waals surface area contributed by atoms with Crippen LogP contribution in [-0.2, 0) is 13.0 Å². The Bertz CT molecular complexity index is 795. The van der Waals surface area contributed by atoms with E-state index in [-0.39, 0.29) is 0 Å². The fourth-order valence-electron chi connectivity index (χ4n) is 3.02. The van der Waals surface area contributed by atoms with Crippen LogP contribution in [0.15, 0.2) is 41.4 Å². The molecule has 2 rings (SSSR count). The number of methoxy groups -OCH3 is 3. The SMILES string of the molecule is CCNC(=NCc1cc(OC)c(OC)c(OC)c1)NCCc1ccc(N(C)C)cc1. The Morgan fingerprint density at radius 3 is 2.03 bits per heavy atom. The summed E-state index contributed by atoms with van der Waals surface area (Å²) < 4.78 is 16.2. The third-order valence-electron chi connectivity index (χ3n) is 4.65. The van der Waals surface area contributed by atoms with Crippen LogP contribution in [0.5, 0.6) is 17.2 Å². The molecule has 2 aromatic carbocycles. The van der Waals surface area contributed by atoms with Crippen molar-refractivity contribution in [2.75, 3.05) is 53.4 Å². The predicted octanol–water partition coefficient (Wildman–Crippen LogP) is 3.08. The van der Waals surface area contributed by atoms with Crippen LogP contribution in [0.4, 0.5) is 5.69 Å². The molecule has 164 valence electrons. The monoisotopic (exact) mass is 414 g/mol. The summed E-state index contributed by atoms with van der Waals surface area (Å²) in [5.74, 6) is 2.61. The molecule has 0 unspecified atom stereocenters. The summed E-state index contributed by atoms with van der Waals surface area (Å²) in [4.78, 5) is 6.79. The molecule has 0 aromatic heterocycles. The van der Waals surface area contributed by atoms with Crippen LogP contribution in [0.25, 0.3) is 0 Å². The van der Waals surface area contributed by atoms with Gasteiger partial charge in [0.15, 0.2) is 17.5 Å². The van der Waals surface area contributed by atoms with E-state index in [0.29, 0.717) is 23.8 Å². The van der Waals surface area contributed by atoms with Gasteiger partial charge in [0.25, 0.3) is 0 Å². The molecule has 2 N–H and O–H groups in total. The van der Waals surface area contributed by atoms with Crippen molar-refractivity contribution in [3.8, 4) is 17.2 Å². The average molecular weight is 415 g/mol. The molecular weight excluding hydrogens is 380 g/mol. The van der Waals surface area contributed by atoms with E-state index in [1.807, 2.05) is 26.2 Å². The average Bonchev–Trinajstić information content (AvgIpc) is 2.76. The third-order valence-corrected chi connectivity index (χ3v) is 4.65. The van der Waals surface area contributed by atoms with E-state index in [1.165, 1.54) is 11.3 Å². The second kappa shape index (κ2) is 11.8. The number of hydrogen-bond donors (Lipinski definition) is 2. The Hall–Kier alpha value is -3.09. The van der Waals surface area contributed by atoms with E-state index >= 15 is 0 Å². The molecule has 0 spiro atoms. The molecule has 30 heavy (non-hydrogen) atoms. The van der Waals surface area contributed by atoms with Crippen molar-refractivity contribution in [2.24, 2.45) is 4.99 Å². The van der Waals surface area contributed by atoms with Gasteiger partial charge in [-0.15, -0.1) is 0 Å². The maximum absolute atomic E-state index is 5.42. The van der Waals surface area contributed by atoms with Crippen molar-refractivity contribution >= 4 is 11.6 Å². The Labute approximate surface area is 180 Å². The second-order valence-electron chi connectivity index (χ2n) is 6.97. The van der Waals surface area contributed by atoms with Gasteiger partial charge in [-0.05, 0) is 48.7 Å². The molecule has 0 radical (unpaired) electrons. The molecule has 0 atom stereocenters. The van der Waals surface area contributed by atoms with Crippen LogP contribution in [-0.4, -0.2) is 54.5 Å².